The average Bonchev–Trinajstić information content (AvgIpc) is 2.61. The van der Waals surface area contributed by atoms with Gasteiger partial charge in [-0.2, -0.15) is 0 Å². The highest BCUT2D eigenvalue weighted by molar-refractivity contribution is 6.30. The normalized spacial score (nSPS) is 10.2. The SMILES string of the molecule is O=C(Nc1cccc(Cl)c1)c1ccc(NCc2ccncc2)cn1. The maximum atomic E-state index is 12.2. The van der Waals surface area contributed by atoms with Crippen molar-refractivity contribution in [3.05, 3.63) is 83.4 Å². The molecule has 3 aromatic rings. The Kier molecular flexibility index (Phi) is 5.03. The van der Waals surface area contributed by atoms with Gasteiger partial charge in [0.25, 0.3) is 5.91 Å². The molecule has 0 aliphatic rings. The van der Waals surface area contributed by atoms with Crippen molar-refractivity contribution in [1.29, 1.82) is 0 Å². The van der Waals surface area contributed by atoms with E-state index in [1.165, 1.54) is 0 Å². The van der Waals surface area contributed by atoms with Gasteiger partial charge in [-0.3, -0.25) is 9.78 Å². The molecule has 0 saturated carbocycles. The predicted molar refractivity (Wildman–Crippen MR) is 95.2 cm³/mol. The summed E-state index contributed by atoms with van der Waals surface area (Å²) in [5, 5.41) is 6.57. The Hall–Kier alpha value is -2.92. The van der Waals surface area contributed by atoms with Gasteiger partial charge in [0, 0.05) is 29.6 Å². The Labute approximate surface area is 144 Å². The van der Waals surface area contributed by atoms with E-state index in [1.807, 2.05) is 18.2 Å². The van der Waals surface area contributed by atoms with Crippen LogP contribution in [-0.4, -0.2) is 15.9 Å². The fourth-order valence-electron chi connectivity index (χ4n) is 2.10. The Bertz CT molecular complexity index is 822. The van der Waals surface area contributed by atoms with E-state index in [1.54, 1.807) is 48.9 Å². The maximum absolute atomic E-state index is 12.2. The van der Waals surface area contributed by atoms with E-state index in [9.17, 15) is 4.79 Å². The summed E-state index contributed by atoms with van der Waals surface area (Å²) >= 11 is 5.90. The Balaban J connectivity index is 1.60. The maximum Gasteiger partial charge on any atom is 0.274 e. The summed E-state index contributed by atoms with van der Waals surface area (Å²) in [6.07, 6.45) is 5.13. The first-order valence-electron chi connectivity index (χ1n) is 7.36. The number of aromatic nitrogens is 2. The molecule has 0 spiro atoms. The number of benzene rings is 1. The van der Waals surface area contributed by atoms with E-state index in [0.29, 0.717) is 22.9 Å². The molecular formula is C18H15ClN4O. The van der Waals surface area contributed by atoms with E-state index in [2.05, 4.69) is 20.6 Å². The number of rotatable bonds is 5. The summed E-state index contributed by atoms with van der Waals surface area (Å²) in [6.45, 7) is 0.665. The fourth-order valence-corrected chi connectivity index (χ4v) is 2.29. The third-order valence-corrected chi connectivity index (χ3v) is 3.56. The van der Waals surface area contributed by atoms with E-state index >= 15 is 0 Å². The molecule has 0 atom stereocenters. The first-order chi connectivity index (χ1) is 11.7. The largest absolute Gasteiger partial charge is 0.380 e. The minimum atomic E-state index is -0.280. The van der Waals surface area contributed by atoms with Gasteiger partial charge in [-0.25, -0.2) is 4.98 Å². The summed E-state index contributed by atoms with van der Waals surface area (Å²) in [5.74, 6) is -0.280. The molecule has 5 nitrogen and oxygen atoms in total. The fraction of sp³-hybridized carbons (Fsp3) is 0.0556. The Morgan fingerprint density at radius 2 is 1.88 bits per heavy atom. The van der Waals surface area contributed by atoms with Crippen LogP contribution in [0.3, 0.4) is 0 Å². The van der Waals surface area contributed by atoms with Crippen LogP contribution in [0.25, 0.3) is 0 Å². The Morgan fingerprint density at radius 3 is 2.58 bits per heavy atom. The number of pyridine rings is 2. The number of hydrogen-bond donors (Lipinski definition) is 2. The number of amides is 1. The van der Waals surface area contributed by atoms with Gasteiger partial charge >= 0.3 is 0 Å². The van der Waals surface area contributed by atoms with Crippen LogP contribution in [-0.2, 0) is 6.54 Å². The van der Waals surface area contributed by atoms with Crippen LogP contribution in [0.15, 0.2) is 67.1 Å². The number of carbonyl (C=O) groups excluding carboxylic acids is 1. The molecule has 2 N–H and O–H groups in total. The number of nitrogens with zero attached hydrogens (tertiary/aromatic N) is 2. The molecule has 0 bridgehead atoms. The van der Waals surface area contributed by atoms with Crippen LogP contribution < -0.4 is 10.6 Å². The molecular weight excluding hydrogens is 324 g/mol. The molecule has 1 amide bonds. The molecule has 0 aliphatic heterocycles. The van der Waals surface area contributed by atoms with Crippen molar-refractivity contribution in [2.24, 2.45) is 0 Å². The molecule has 24 heavy (non-hydrogen) atoms. The summed E-state index contributed by atoms with van der Waals surface area (Å²) < 4.78 is 0. The van der Waals surface area contributed by atoms with Crippen molar-refractivity contribution < 1.29 is 4.79 Å². The van der Waals surface area contributed by atoms with Crippen LogP contribution in [0.1, 0.15) is 16.1 Å². The monoisotopic (exact) mass is 338 g/mol. The van der Waals surface area contributed by atoms with Crippen LogP contribution in [0.2, 0.25) is 5.02 Å². The third kappa shape index (κ3) is 4.30. The van der Waals surface area contributed by atoms with Gasteiger partial charge < -0.3 is 10.6 Å². The summed E-state index contributed by atoms with van der Waals surface area (Å²) in [6, 6.07) is 14.4. The van der Waals surface area contributed by atoms with Crippen LogP contribution in [0, 0.1) is 0 Å². The predicted octanol–water partition coefficient (Wildman–Crippen LogP) is 3.99. The second-order valence-corrected chi connectivity index (χ2v) is 5.54. The van der Waals surface area contributed by atoms with Crippen molar-refractivity contribution in [1.82, 2.24) is 9.97 Å². The quantitative estimate of drug-likeness (QED) is 0.738. The van der Waals surface area contributed by atoms with Gasteiger partial charge in [-0.15, -0.1) is 0 Å². The molecule has 6 heteroatoms. The zero-order valence-electron chi connectivity index (χ0n) is 12.7. The lowest BCUT2D eigenvalue weighted by Gasteiger charge is -2.08. The van der Waals surface area contributed by atoms with E-state index in [-0.39, 0.29) is 5.91 Å². The molecule has 2 aromatic heterocycles. The topological polar surface area (TPSA) is 66.9 Å². The second-order valence-electron chi connectivity index (χ2n) is 5.11. The van der Waals surface area contributed by atoms with E-state index < -0.39 is 0 Å². The van der Waals surface area contributed by atoms with E-state index in [0.717, 1.165) is 11.3 Å². The number of nitrogens with one attached hydrogen (secondary N) is 2. The lowest BCUT2D eigenvalue weighted by atomic mass is 10.2. The highest BCUT2D eigenvalue weighted by Gasteiger charge is 2.08. The van der Waals surface area contributed by atoms with Gasteiger partial charge in [0.1, 0.15) is 5.69 Å². The zero-order chi connectivity index (χ0) is 16.8. The van der Waals surface area contributed by atoms with Gasteiger partial charge in [0.05, 0.1) is 11.9 Å². The first-order valence-corrected chi connectivity index (χ1v) is 7.74. The number of hydrogen-bond acceptors (Lipinski definition) is 4. The molecule has 1 aromatic carbocycles. The molecule has 0 fully saturated rings. The van der Waals surface area contributed by atoms with E-state index in [4.69, 9.17) is 11.6 Å². The van der Waals surface area contributed by atoms with Gasteiger partial charge in [0.15, 0.2) is 0 Å². The summed E-state index contributed by atoms with van der Waals surface area (Å²) in [7, 11) is 0. The first kappa shape index (κ1) is 16.0. The second kappa shape index (κ2) is 7.57. The lowest BCUT2D eigenvalue weighted by Crippen LogP contribution is -2.13. The molecule has 2 heterocycles. The molecule has 0 unspecified atom stereocenters. The molecule has 0 radical (unpaired) electrons. The minimum Gasteiger partial charge on any atom is -0.380 e. The van der Waals surface area contributed by atoms with Gasteiger partial charge in [-0.1, -0.05) is 17.7 Å². The highest BCUT2D eigenvalue weighted by Crippen LogP contribution is 2.16. The van der Waals surface area contributed by atoms with Crippen LogP contribution >= 0.6 is 11.6 Å². The molecule has 120 valence electrons. The molecule has 3 rings (SSSR count). The van der Waals surface area contributed by atoms with Crippen molar-refractivity contribution in [2.45, 2.75) is 6.54 Å². The van der Waals surface area contributed by atoms with Gasteiger partial charge in [-0.05, 0) is 48.0 Å². The molecule has 0 aliphatic carbocycles. The highest BCUT2D eigenvalue weighted by atomic mass is 35.5. The number of halogens is 1. The zero-order valence-corrected chi connectivity index (χ0v) is 13.5. The van der Waals surface area contributed by atoms with Crippen molar-refractivity contribution in [2.75, 3.05) is 10.6 Å². The van der Waals surface area contributed by atoms with Crippen LogP contribution in [0.5, 0.6) is 0 Å². The number of anilines is 2. The third-order valence-electron chi connectivity index (χ3n) is 3.32. The van der Waals surface area contributed by atoms with Crippen molar-refractivity contribution in [3.8, 4) is 0 Å². The lowest BCUT2D eigenvalue weighted by molar-refractivity contribution is 0.102. The van der Waals surface area contributed by atoms with Crippen molar-refractivity contribution in [3.63, 3.8) is 0 Å². The Morgan fingerprint density at radius 1 is 1.04 bits per heavy atom. The molecule has 0 saturated heterocycles. The number of carbonyl (C=O) groups is 1. The van der Waals surface area contributed by atoms with Gasteiger partial charge in [0.2, 0.25) is 0 Å². The minimum absolute atomic E-state index is 0.280. The van der Waals surface area contributed by atoms with Crippen LogP contribution in [0.4, 0.5) is 11.4 Å². The summed E-state index contributed by atoms with van der Waals surface area (Å²) in [4.78, 5) is 20.3. The smallest absolute Gasteiger partial charge is 0.274 e. The standard InChI is InChI=1S/C18H15ClN4O/c19-14-2-1-3-15(10-14)23-18(24)17-5-4-16(12-22-17)21-11-13-6-8-20-9-7-13/h1-10,12,21H,11H2,(H,23,24). The summed E-state index contributed by atoms with van der Waals surface area (Å²) in [5.41, 5.74) is 2.93. The average molecular weight is 339 g/mol. The van der Waals surface area contributed by atoms with Crippen molar-refractivity contribution >= 4 is 28.9 Å².